The number of nitrogens with zero attached hydrogens (tertiary/aromatic N) is 1. The van der Waals surface area contributed by atoms with Crippen LogP contribution in [0.4, 0.5) is 5.13 Å². The molecule has 0 unspecified atom stereocenters. The molecule has 2 N–H and O–H groups in total. The highest BCUT2D eigenvalue weighted by atomic mass is 32.1. The summed E-state index contributed by atoms with van der Waals surface area (Å²) in [6.45, 7) is 2.09. The lowest BCUT2D eigenvalue weighted by atomic mass is 10.1. The van der Waals surface area contributed by atoms with Crippen LogP contribution in [-0.4, -0.2) is 23.1 Å². The van der Waals surface area contributed by atoms with Crippen molar-refractivity contribution in [2.75, 3.05) is 12.4 Å². The van der Waals surface area contributed by atoms with Gasteiger partial charge in [-0.25, -0.2) is 9.78 Å². The van der Waals surface area contributed by atoms with Crippen LogP contribution in [0.2, 0.25) is 0 Å². The van der Waals surface area contributed by atoms with Crippen molar-refractivity contribution >= 4 is 22.4 Å². The third-order valence-corrected chi connectivity index (χ3v) is 3.79. The number of carboxylic acid groups (broad SMARTS) is 1. The summed E-state index contributed by atoms with van der Waals surface area (Å²) in [5.41, 5.74) is 2.23. The Hall–Kier alpha value is -1.88. The monoisotopic (exact) mass is 262 g/mol. The number of hydrogen-bond donors (Lipinski definition) is 2. The minimum atomic E-state index is -0.998. The van der Waals surface area contributed by atoms with Crippen molar-refractivity contribution in [3.05, 3.63) is 35.5 Å². The van der Waals surface area contributed by atoms with Gasteiger partial charge in [0.05, 0.1) is 4.88 Å². The van der Waals surface area contributed by atoms with Crippen LogP contribution in [-0.2, 0) is 6.42 Å². The van der Waals surface area contributed by atoms with Gasteiger partial charge in [-0.1, -0.05) is 42.5 Å². The molecule has 1 aromatic heterocycles. The molecule has 94 valence electrons. The standard InChI is InChI=1S/C13H14N2O2S/c1-3-8-4-6-9(7-5-8)11-10(12(16)17)15-13(14-2)18-11/h4-7H,3H2,1-2H3,(H,14,15)(H,16,17). The van der Waals surface area contributed by atoms with Crippen LogP contribution in [0.15, 0.2) is 24.3 Å². The first kappa shape index (κ1) is 12.6. The molecule has 4 nitrogen and oxygen atoms in total. The lowest BCUT2D eigenvalue weighted by Gasteiger charge is -2.00. The fraction of sp³-hybridized carbons (Fsp3) is 0.231. The molecular formula is C13H14N2O2S. The van der Waals surface area contributed by atoms with Crippen molar-refractivity contribution in [1.29, 1.82) is 0 Å². The first-order valence-corrected chi connectivity index (χ1v) is 6.48. The number of anilines is 1. The molecular weight excluding hydrogens is 248 g/mol. The second-order valence-electron chi connectivity index (χ2n) is 3.80. The number of aromatic nitrogens is 1. The normalized spacial score (nSPS) is 10.3. The number of rotatable bonds is 4. The summed E-state index contributed by atoms with van der Waals surface area (Å²) in [6, 6.07) is 7.91. The van der Waals surface area contributed by atoms with Gasteiger partial charge in [0.15, 0.2) is 10.8 Å². The minimum absolute atomic E-state index is 0.105. The molecule has 0 aliphatic carbocycles. The number of thiazole rings is 1. The summed E-state index contributed by atoms with van der Waals surface area (Å²) in [7, 11) is 1.73. The second-order valence-corrected chi connectivity index (χ2v) is 4.80. The van der Waals surface area contributed by atoms with E-state index in [-0.39, 0.29) is 5.69 Å². The van der Waals surface area contributed by atoms with E-state index in [0.29, 0.717) is 10.0 Å². The van der Waals surface area contributed by atoms with E-state index in [4.69, 9.17) is 5.11 Å². The smallest absolute Gasteiger partial charge is 0.356 e. The highest BCUT2D eigenvalue weighted by molar-refractivity contribution is 7.19. The molecule has 1 heterocycles. The summed E-state index contributed by atoms with van der Waals surface area (Å²) in [5, 5.41) is 12.6. The first-order valence-electron chi connectivity index (χ1n) is 5.67. The summed E-state index contributed by atoms with van der Waals surface area (Å²) < 4.78 is 0. The number of benzene rings is 1. The second kappa shape index (κ2) is 5.18. The summed E-state index contributed by atoms with van der Waals surface area (Å²) in [5.74, 6) is -0.998. The molecule has 0 fully saturated rings. The number of aryl methyl sites for hydroxylation is 1. The van der Waals surface area contributed by atoms with E-state index in [9.17, 15) is 4.79 Å². The Morgan fingerprint density at radius 2 is 2.06 bits per heavy atom. The summed E-state index contributed by atoms with van der Waals surface area (Å²) >= 11 is 1.35. The molecule has 0 spiro atoms. The SMILES string of the molecule is CCc1ccc(-c2sc(NC)nc2C(=O)O)cc1. The van der Waals surface area contributed by atoms with Gasteiger partial charge in [-0.2, -0.15) is 0 Å². The highest BCUT2D eigenvalue weighted by Crippen LogP contribution is 2.33. The van der Waals surface area contributed by atoms with Crippen molar-refractivity contribution in [2.45, 2.75) is 13.3 Å². The van der Waals surface area contributed by atoms with Crippen molar-refractivity contribution in [3.63, 3.8) is 0 Å². The lowest BCUT2D eigenvalue weighted by Crippen LogP contribution is -1.99. The molecule has 0 bridgehead atoms. The summed E-state index contributed by atoms with van der Waals surface area (Å²) in [4.78, 5) is 15.9. The molecule has 0 aliphatic heterocycles. The van der Waals surface area contributed by atoms with E-state index in [1.165, 1.54) is 16.9 Å². The van der Waals surface area contributed by atoms with E-state index in [1.807, 2.05) is 24.3 Å². The largest absolute Gasteiger partial charge is 0.476 e. The molecule has 0 saturated heterocycles. The van der Waals surface area contributed by atoms with E-state index in [2.05, 4.69) is 17.2 Å². The number of carboxylic acids is 1. The predicted molar refractivity (Wildman–Crippen MR) is 73.4 cm³/mol. The van der Waals surface area contributed by atoms with Crippen LogP contribution in [0.1, 0.15) is 23.0 Å². The van der Waals surface area contributed by atoms with Crippen molar-refractivity contribution < 1.29 is 9.90 Å². The van der Waals surface area contributed by atoms with Crippen LogP contribution in [0.3, 0.4) is 0 Å². The van der Waals surface area contributed by atoms with Gasteiger partial charge < -0.3 is 10.4 Å². The molecule has 0 atom stereocenters. The quantitative estimate of drug-likeness (QED) is 0.888. The molecule has 5 heteroatoms. The van der Waals surface area contributed by atoms with Crippen LogP contribution < -0.4 is 5.32 Å². The zero-order chi connectivity index (χ0) is 13.1. The van der Waals surface area contributed by atoms with Gasteiger partial charge >= 0.3 is 5.97 Å². The third kappa shape index (κ3) is 2.36. The zero-order valence-corrected chi connectivity index (χ0v) is 11.0. The molecule has 0 radical (unpaired) electrons. The van der Waals surface area contributed by atoms with Gasteiger partial charge in [0.25, 0.3) is 0 Å². The van der Waals surface area contributed by atoms with E-state index in [1.54, 1.807) is 7.05 Å². The Kier molecular flexibility index (Phi) is 3.62. The van der Waals surface area contributed by atoms with E-state index < -0.39 is 5.97 Å². The topological polar surface area (TPSA) is 62.2 Å². The van der Waals surface area contributed by atoms with Crippen molar-refractivity contribution in [3.8, 4) is 10.4 Å². The number of hydrogen-bond acceptors (Lipinski definition) is 4. The van der Waals surface area contributed by atoms with Gasteiger partial charge in [-0.15, -0.1) is 0 Å². The highest BCUT2D eigenvalue weighted by Gasteiger charge is 2.18. The maximum atomic E-state index is 11.2. The fourth-order valence-corrected chi connectivity index (χ4v) is 2.58. The molecule has 0 amide bonds. The van der Waals surface area contributed by atoms with Crippen LogP contribution in [0.25, 0.3) is 10.4 Å². The molecule has 2 aromatic rings. The van der Waals surface area contributed by atoms with Crippen LogP contribution in [0, 0.1) is 0 Å². The number of aromatic carboxylic acids is 1. The van der Waals surface area contributed by atoms with Gasteiger partial charge in [-0.05, 0) is 17.5 Å². The number of carbonyl (C=O) groups is 1. The Balaban J connectivity index is 2.47. The molecule has 1 aromatic carbocycles. The van der Waals surface area contributed by atoms with Crippen molar-refractivity contribution in [1.82, 2.24) is 4.98 Å². The Bertz CT molecular complexity index is 561. The maximum Gasteiger partial charge on any atom is 0.356 e. The Morgan fingerprint density at radius 1 is 1.39 bits per heavy atom. The average molecular weight is 262 g/mol. The van der Waals surface area contributed by atoms with Crippen molar-refractivity contribution in [2.24, 2.45) is 0 Å². The third-order valence-electron chi connectivity index (χ3n) is 2.67. The zero-order valence-electron chi connectivity index (χ0n) is 10.2. The maximum absolute atomic E-state index is 11.2. The van der Waals surface area contributed by atoms with E-state index >= 15 is 0 Å². The van der Waals surface area contributed by atoms with Crippen LogP contribution >= 0.6 is 11.3 Å². The molecule has 0 saturated carbocycles. The Labute approximate surface area is 109 Å². The average Bonchev–Trinajstić information content (AvgIpc) is 2.83. The minimum Gasteiger partial charge on any atom is -0.476 e. The summed E-state index contributed by atoms with van der Waals surface area (Å²) in [6.07, 6.45) is 0.969. The van der Waals surface area contributed by atoms with Gasteiger partial charge in [-0.3, -0.25) is 0 Å². The molecule has 0 aliphatic rings. The van der Waals surface area contributed by atoms with Gasteiger partial charge in [0, 0.05) is 7.05 Å². The van der Waals surface area contributed by atoms with E-state index in [0.717, 1.165) is 12.0 Å². The first-order chi connectivity index (χ1) is 8.65. The Morgan fingerprint density at radius 3 is 2.56 bits per heavy atom. The lowest BCUT2D eigenvalue weighted by molar-refractivity contribution is 0.0692. The fourth-order valence-electron chi connectivity index (χ4n) is 1.66. The number of nitrogens with one attached hydrogen (secondary N) is 1. The molecule has 18 heavy (non-hydrogen) atoms. The predicted octanol–water partition coefficient (Wildman–Crippen LogP) is 3.11. The van der Waals surface area contributed by atoms with Gasteiger partial charge in [0.2, 0.25) is 0 Å². The molecule has 2 rings (SSSR count). The van der Waals surface area contributed by atoms with Gasteiger partial charge in [0.1, 0.15) is 0 Å². The van der Waals surface area contributed by atoms with Crippen LogP contribution in [0.5, 0.6) is 0 Å².